The number of nitrogens with zero attached hydrogens (tertiary/aromatic N) is 2. The number of aliphatic hydroxyl groups is 1. The summed E-state index contributed by atoms with van der Waals surface area (Å²) < 4.78 is 0. The van der Waals surface area contributed by atoms with Gasteiger partial charge in [0.25, 0.3) is 0 Å². The number of piperidine rings is 1. The van der Waals surface area contributed by atoms with Crippen molar-refractivity contribution in [3.63, 3.8) is 0 Å². The van der Waals surface area contributed by atoms with Crippen LogP contribution in [0, 0.1) is 5.92 Å². The molecule has 3 heteroatoms. The molecule has 3 rings (SSSR count). The van der Waals surface area contributed by atoms with Gasteiger partial charge in [-0.05, 0) is 49.9 Å². The molecule has 3 unspecified atom stereocenters. The minimum absolute atomic E-state index is 0.0666. The van der Waals surface area contributed by atoms with Gasteiger partial charge in [-0.2, -0.15) is 0 Å². The second-order valence-electron chi connectivity index (χ2n) is 6.05. The molecular formula is C16H24N2O. The van der Waals surface area contributed by atoms with Gasteiger partial charge < -0.3 is 5.11 Å². The highest BCUT2D eigenvalue weighted by molar-refractivity contribution is 5.10. The van der Waals surface area contributed by atoms with E-state index in [0.29, 0.717) is 12.0 Å². The maximum Gasteiger partial charge on any atom is 0.0583 e. The predicted octanol–water partition coefficient (Wildman–Crippen LogP) is 2.60. The maximum absolute atomic E-state index is 10.2. The van der Waals surface area contributed by atoms with Crippen molar-refractivity contribution in [2.75, 3.05) is 6.54 Å². The largest absolute Gasteiger partial charge is 0.393 e. The van der Waals surface area contributed by atoms with Crippen molar-refractivity contribution in [2.24, 2.45) is 5.92 Å². The van der Waals surface area contributed by atoms with E-state index in [1.807, 2.05) is 12.4 Å². The van der Waals surface area contributed by atoms with Crippen LogP contribution in [0.3, 0.4) is 0 Å². The molecule has 0 aromatic carbocycles. The van der Waals surface area contributed by atoms with Crippen molar-refractivity contribution < 1.29 is 5.11 Å². The number of likely N-dealkylation sites (tertiary alicyclic amines) is 1. The number of rotatable bonds is 3. The van der Waals surface area contributed by atoms with Crippen molar-refractivity contribution in [2.45, 2.75) is 57.2 Å². The summed E-state index contributed by atoms with van der Waals surface area (Å²) in [6, 6.07) is 4.80. The van der Waals surface area contributed by atoms with E-state index in [4.69, 9.17) is 0 Å². The Morgan fingerprint density at radius 2 is 1.95 bits per heavy atom. The summed E-state index contributed by atoms with van der Waals surface area (Å²) in [6.07, 6.45) is 11.0. The molecule has 0 spiro atoms. The number of aliphatic hydroxyl groups excluding tert-OH is 1. The van der Waals surface area contributed by atoms with E-state index in [2.05, 4.69) is 22.0 Å². The Hall–Kier alpha value is -0.930. The van der Waals surface area contributed by atoms with Gasteiger partial charge in [-0.15, -0.1) is 0 Å². The van der Waals surface area contributed by atoms with Crippen LogP contribution in [0.2, 0.25) is 0 Å². The third-order valence-corrected chi connectivity index (χ3v) is 4.83. The molecule has 1 saturated carbocycles. The topological polar surface area (TPSA) is 36.4 Å². The zero-order chi connectivity index (χ0) is 13.1. The lowest BCUT2D eigenvalue weighted by Gasteiger charge is -2.40. The second kappa shape index (κ2) is 6.02. The van der Waals surface area contributed by atoms with E-state index in [1.54, 1.807) is 0 Å². The molecule has 1 saturated heterocycles. The summed E-state index contributed by atoms with van der Waals surface area (Å²) in [6.45, 7) is 2.19. The standard InChI is InChI=1S/C16H24N2O/c19-16-6-3-4-14(16)15-5-1-2-11-18(15)12-13-7-9-17-10-8-13/h7-10,14-16,19H,1-6,11-12H2. The first-order chi connectivity index (χ1) is 9.34. The Bertz CT molecular complexity index is 395. The van der Waals surface area contributed by atoms with Crippen molar-refractivity contribution in [3.8, 4) is 0 Å². The molecule has 2 heterocycles. The first-order valence-corrected chi connectivity index (χ1v) is 7.65. The Morgan fingerprint density at radius 3 is 2.68 bits per heavy atom. The molecule has 2 aliphatic rings. The molecular weight excluding hydrogens is 236 g/mol. The molecule has 19 heavy (non-hydrogen) atoms. The molecule has 0 radical (unpaired) electrons. The molecule has 3 nitrogen and oxygen atoms in total. The summed E-state index contributed by atoms with van der Waals surface area (Å²) in [5.74, 6) is 0.502. The van der Waals surface area contributed by atoms with Gasteiger partial charge in [0.15, 0.2) is 0 Å². The van der Waals surface area contributed by atoms with Gasteiger partial charge in [-0.1, -0.05) is 12.8 Å². The molecule has 1 aliphatic carbocycles. The van der Waals surface area contributed by atoms with Crippen molar-refractivity contribution in [1.82, 2.24) is 9.88 Å². The fourth-order valence-electron chi connectivity index (χ4n) is 3.84. The van der Waals surface area contributed by atoms with Gasteiger partial charge >= 0.3 is 0 Å². The fraction of sp³-hybridized carbons (Fsp3) is 0.688. The number of hydrogen-bond acceptors (Lipinski definition) is 3. The van der Waals surface area contributed by atoms with Crippen LogP contribution >= 0.6 is 0 Å². The van der Waals surface area contributed by atoms with Crippen LogP contribution in [0.4, 0.5) is 0 Å². The molecule has 104 valence electrons. The predicted molar refractivity (Wildman–Crippen MR) is 75.6 cm³/mol. The van der Waals surface area contributed by atoms with Crippen LogP contribution < -0.4 is 0 Å². The van der Waals surface area contributed by atoms with Gasteiger partial charge in [0.1, 0.15) is 0 Å². The average molecular weight is 260 g/mol. The van der Waals surface area contributed by atoms with Gasteiger partial charge in [0, 0.05) is 30.9 Å². The van der Waals surface area contributed by atoms with Gasteiger partial charge in [0.05, 0.1) is 6.10 Å². The van der Waals surface area contributed by atoms with E-state index in [9.17, 15) is 5.11 Å². The summed E-state index contributed by atoms with van der Waals surface area (Å²) >= 11 is 0. The molecule has 1 N–H and O–H groups in total. The van der Waals surface area contributed by atoms with Crippen molar-refractivity contribution in [3.05, 3.63) is 30.1 Å². The highest BCUT2D eigenvalue weighted by Gasteiger charge is 2.36. The Morgan fingerprint density at radius 1 is 1.11 bits per heavy atom. The third kappa shape index (κ3) is 2.98. The first-order valence-electron chi connectivity index (χ1n) is 7.65. The Labute approximate surface area is 115 Å². The summed E-state index contributed by atoms with van der Waals surface area (Å²) in [7, 11) is 0. The fourth-order valence-corrected chi connectivity index (χ4v) is 3.84. The maximum atomic E-state index is 10.2. The zero-order valence-electron chi connectivity index (χ0n) is 11.5. The molecule has 1 aromatic heterocycles. The minimum atomic E-state index is -0.0666. The van der Waals surface area contributed by atoms with E-state index in [0.717, 1.165) is 13.0 Å². The minimum Gasteiger partial charge on any atom is -0.393 e. The molecule has 1 aliphatic heterocycles. The molecule has 1 aromatic rings. The summed E-state index contributed by atoms with van der Waals surface area (Å²) in [4.78, 5) is 6.68. The van der Waals surface area contributed by atoms with Crippen LogP contribution in [0.25, 0.3) is 0 Å². The van der Waals surface area contributed by atoms with Gasteiger partial charge in [-0.25, -0.2) is 0 Å². The van der Waals surface area contributed by atoms with Crippen molar-refractivity contribution >= 4 is 0 Å². The number of aromatic nitrogens is 1. The van der Waals surface area contributed by atoms with Crippen LogP contribution in [-0.4, -0.2) is 33.7 Å². The van der Waals surface area contributed by atoms with E-state index < -0.39 is 0 Å². The molecule has 0 amide bonds. The zero-order valence-corrected chi connectivity index (χ0v) is 11.5. The smallest absolute Gasteiger partial charge is 0.0583 e. The lowest BCUT2D eigenvalue weighted by atomic mass is 9.87. The summed E-state index contributed by atoms with van der Waals surface area (Å²) in [5.41, 5.74) is 1.34. The van der Waals surface area contributed by atoms with Crippen molar-refractivity contribution in [1.29, 1.82) is 0 Å². The van der Waals surface area contributed by atoms with E-state index >= 15 is 0 Å². The van der Waals surface area contributed by atoms with Crippen LogP contribution in [0.15, 0.2) is 24.5 Å². The number of pyridine rings is 1. The lowest BCUT2D eigenvalue weighted by molar-refractivity contribution is 0.0313. The molecule has 3 atom stereocenters. The van der Waals surface area contributed by atoms with E-state index in [-0.39, 0.29) is 6.10 Å². The highest BCUT2D eigenvalue weighted by Crippen LogP contribution is 2.35. The lowest BCUT2D eigenvalue weighted by Crippen LogP contribution is -2.45. The Kier molecular flexibility index (Phi) is 4.14. The van der Waals surface area contributed by atoms with Gasteiger partial charge in [0.2, 0.25) is 0 Å². The first kappa shape index (κ1) is 13.1. The van der Waals surface area contributed by atoms with Crippen LogP contribution in [-0.2, 0) is 6.54 Å². The normalized spacial score (nSPS) is 32.6. The quantitative estimate of drug-likeness (QED) is 0.907. The second-order valence-corrected chi connectivity index (χ2v) is 6.05. The monoisotopic (exact) mass is 260 g/mol. The van der Waals surface area contributed by atoms with Crippen LogP contribution in [0.5, 0.6) is 0 Å². The highest BCUT2D eigenvalue weighted by atomic mass is 16.3. The van der Waals surface area contributed by atoms with E-state index in [1.165, 1.54) is 44.2 Å². The number of hydrogen-bond donors (Lipinski definition) is 1. The van der Waals surface area contributed by atoms with Gasteiger partial charge in [-0.3, -0.25) is 9.88 Å². The Balaban J connectivity index is 1.70. The summed E-state index contributed by atoms with van der Waals surface area (Å²) in [5, 5.41) is 10.2. The third-order valence-electron chi connectivity index (χ3n) is 4.83. The van der Waals surface area contributed by atoms with Crippen LogP contribution in [0.1, 0.15) is 44.1 Å². The molecule has 2 fully saturated rings. The SMILES string of the molecule is OC1CCCC1C1CCCCN1Cc1ccncc1. The average Bonchev–Trinajstić information content (AvgIpc) is 2.87. The molecule has 0 bridgehead atoms.